The van der Waals surface area contributed by atoms with Crippen molar-refractivity contribution in [2.45, 2.75) is 12.5 Å². The third kappa shape index (κ3) is 2.65. The lowest BCUT2D eigenvalue weighted by Gasteiger charge is -2.15. The molecule has 0 bridgehead atoms. The quantitative estimate of drug-likeness (QED) is 0.858. The normalized spacial score (nSPS) is 13.5. The monoisotopic (exact) mass is 233 g/mol. The fraction of sp³-hybridized carbons (Fsp3) is 0.462. The summed E-state index contributed by atoms with van der Waals surface area (Å²) in [5.74, 6) is 0.931. The van der Waals surface area contributed by atoms with Crippen LogP contribution in [0.3, 0.4) is 0 Å². The van der Waals surface area contributed by atoms with Crippen molar-refractivity contribution >= 4 is 11.0 Å². The van der Waals surface area contributed by atoms with Crippen LogP contribution in [0.4, 0.5) is 0 Å². The maximum absolute atomic E-state index is 9.93. The van der Waals surface area contributed by atoms with Gasteiger partial charge in [0.25, 0.3) is 0 Å². The molecule has 1 atom stereocenters. The van der Waals surface area contributed by atoms with Gasteiger partial charge in [-0.3, -0.25) is 0 Å². The smallest absolute Gasteiger partial charge is 0.112 e. The maximum Gasteiger partial charge on any atom is 0.112 e. The van der Waals surface area contributed by atoms with Gasteiger partial charge in [-0.05, 0) is 26.2 Å². The minimum absolute atomic E-state index is 0.375. The standard InChI is InChI=1S/C13H19N3O/c1-15(2)9-10(17)8-13-14-11-6-4-5-7-12(11)16(13)3/h4-7,10,17H,8-9H2,1-3H3. The van der Waals surface area contributed by atoms with Crippen LogP contribution < -0.4 is 0 Å². The van der Waals surface area contributed by atoms with E-state index in [4.69, 9.17) is 0 Å². The Labute approximate surface area is 101 Å². The first-order valence-electron chi connectivity index (χ1n) is 5.81. The van der Waals surface area contributed by atoms with Gasteiger partial charge >= 0.3 is 0 Å². The maximum atomic E-state index is 9.93. The third-order valence-corrected chi connectivity index (χ3v) is 2.87. The summed E-state index contributed by atoms with van der Waals surface area (Å²) in [5, 5.41) is 9.93. The number of aliphatic hydroxyl groups excluding tert-OH is 1. The Hall–Kier alpha value is -1.39. The second kappa shape index (κ2) is 4.85. The molecule has 4 heteroatoms. The fourth-order valence-electron chi connectivity index (χ4n) is 2.07. The zero-order valence-electron chi connectivity index (χ0n) is 10.6. The van der Waals surface area contributed by atoms with E-state index < -0.39 is 0 Å². The summed E-state index contributed by atoms with van der Waals surface area (Å²) >= 11 is 0. The molecule has 1 aromatic carbocycles. The molecule has 2 rings (SSSR count). The lowest BCUT2D eigenvalue weighted by molar-refractivity contribution is 0.134. The molecule has 1 aromatic heterocycles. The van der Waals surface area contributed by atoms with Gasteiger partial charge in [0.1, 0.15) is 5.82 Å². The number of hydrogen-bond acceptors (Lipinski definition) is 3. The molecule has 0 radical (unpaired) electrons. The lowest BCUT2D eigenvalue weighted by Crippen LogP contribution is -2.28. The predicted octanol–water partition coefficient (Wildman–Crippen LogP) is 1.04. The van der Waals surface area contributed by atoms with Gasteiger partial charge in [-0.2, -0.15) is 0 Å². The van der Waals surface area contributed by atoms with E-state index in [1.807, 2.05) is 54.9 Å². The van der Waals surface area contributed by atoms with Crippen molar-refractivity contribution in [3.63, 3.8) is 0 Å². The van der Waals surface area contributed by atoms with Crippen molar-refractivity contribution in [3.8, 4) is 0 Å². The molecule has 0 saturated heterocycles. The minimum atomic E-state index is -0.375. The van der Waals surface area contributed by atoms with Crippen LogP contribution in [0.25, 0.3) is 11.0 Å². The summed E-state index contributed by atoms with van der Waals surface area (Å²) in [6, 6.07) is 8.03. The summed E-state index contributed by atoms with van der Waals surface area (Å²) in [6.45, 7) is 0.656. The van der Waals surface area contributed by atoms with Gasteiger partial charge in [0.05, 0.1) is 17.1 Å². The highest BCUT2D eigenvalue weighted by Crippen LogP contribution is 2.15. The van der Waals surface area contributed by atoms with E-state index in [1.165, 1.54) is 0 Å². The zero-order chi connectivity index (χ0) is 12.4. The first-order chi connectivity index (χ1) is 8.08. The van der Waals surface area contributed by atoms with Crippen molar-refractivity contribution < 1.29 is 5.11 Å². The molecule has 0 spiro atoms. The summed E-state index contributed by atoms with van der Waals surface area (Å²) in [6.07, 6.45) is 0.212. The van der Waals surface area contributed by atoms with Crippen LogP contribution in [0.5, 0.6) is 0 Å². The second-order valence-electron chi connectivity index (χ2n) is 4.70. The summed E-state index contributed by atoms with van der Waals surface area (Å²) in [5.41, 5.74) is 2.10. The molecule has 4 nitrogen and oxygen atoms in total. The van der Waals surface area contributed by atoms with Crippen LogP contribution in [0.15, 0.2) is 24.3 Å². The largest absolute Gasteiger partial charge is 0.391 e. The number of aryl methyl sites for hydroxylation is 1. The highest BCUT2D eigenvalue weighted by Gasteiger charge is 2.12. The molecule has 2 aromatic rings. The van der Waals surface area contributed by atoms with Crippen LogP contribution >= 0.6 is 0 Å². The molecule has 0 fully saturated rings. The first kappa shape index (κ1) is 12.1. The number of hydrogen-bond donors (Lipinski definition) is 1. The number of aliphatic hydroxyl groups is 1. The van der Waals surface area contributed by atoms with Gasteiger partial charge in [-0.1, -0.05) is 12.1 Å². The first-order valence-corrected chi connectivity index (χ1v) is 5.81. The Bertz CT molecular complexity index is 504. The van der Waals surface area contributed by atoms with Gasteiger partial charge in [-0.25, -0.2) is 4.98 Å². The third-order valence-electron chi connectivity index (χ3n) is 2.87. The zero-order valence-corrected chi connectivity index (χ0v) is 10.6. The number of aromatic nitrogens is 2. The Kier molecular flexibility index (Phi) is 3.45. The Balaban J connectivity index is 2.21. The molecule has 0 aliphatic rings. The predicted molar refractivity (Wildman–Crippen MR) is 69.0 cm³/mol. The minimum Gasteiger partial charge on any atom is -0.391 e. The summed E-state index contributed by atoms with van der Waals surface area (Å²) in [4.78, 5) is 6.52. The number of rotatable bonds is 4. The molecule has 17 heavy (non-hydrogen) atoms. The van der Waals surface area contributed by atoms with Gasteiger partial charge in [0.2, 0.25) is 0 Å². The Morgan fingerprint density at radius 2 is 2.06 bits per heavy atom. The molecule has 0 saturated carbocycles. The van der Waals surface area contributed by atoms with Crippen LogP contribution in [-0.2, 0) is 13.5 Å². The van der Waals surface area contributed by atoms with E-state index in [-0.39, 0.29) is 6.10 Å². The van der Waals surface area contributed by atoms with Crippen molar-refractivity contribution in [3.05, 3.63) is 30.1 Å². The average Bonchev–Trinajstić information content (AvgIpc) is 2.55. The van der Waals surface area contributed by atoms with E-state index in [2.05, 4.69) is 4.98 Å². The van der Waals surface area contributed by atoms with E-state index >= 15 is 0 Å². The lowest BCUT2D eigenvalue weighted by atomic mass is 10.2. The summed E-state index contributed by atoms with van der Waals surface area (Å²) in [7, 11) is 5.91. The van der Waals surface area contributed by atoms with Crippen molar-refractivity contribution in [1.82, 2.24) is 14.5 Å². The van der Waals surface area contributed by atoms with Crippen molar-refractivity contribution in [1.29, 1.82) is 0 Å². The van der Waals surface area contributed by atoms with Gasteiger partial charge < -0.3 is 14.6 Å². The number of nitrogens with zero attached hydrogens (tertiary/aromatic N) is 3. The van der Waals surface area contributed by atoms with Gasteiger partial charge in [0, 0.05) is 20.0 Å². The SMILES string of the molecule is CN(C)CC(O)Cc1nc2ccccc2n1C. The van der Waals surface area contributed by atoms with E-state index in [0.29, 0.717) is 13.0 Å². The number of benzene rings is 1. The van der Waals surface area contributed by atoms with E-state index in [9.17, 15) is 5.11 Å². The molecule has 1 unspecified atom stereocenters. The van der Waals surface area contributed by atoms with Crippen LogP contribution in [0.2, 0.25) is 0 Å². The fourth-order valence-corrected chi connectivity index (χ4v) is 2.07. The molecule has 92 valence electrons. The van der Waals surface area contributed by atoms with Crippen molar-refractivity contribution in [2.75, 3.05) is 20.6 Å². The molecular formula is C13H19N3O. The molecule has 0 aliphatic carbocycles. The van der Waals surface area contributed by atoms with Crippen LogP contribution in [-0.4, -0.2) is 46.3 Å². The Morgan fingerprint density at radius 3 is 2.71 bits per heavy atom. The number of likely N-dealkylation sites (N-methyl/N-ethyl adjacent to an activating group) is 1. The number of imidazole rings is 1. The Morgan fingerprint density at radius 1 is 1.35 bits per heavy atom. The topological polar surface area (TPSA) is 41.3 Å². The molecule has 0 amide bonds. The van der Waals surface area contributed by atoms with Gasteiger partial charge in [0.15, 0.2) is 0 Å². The average molecular weight is 233 g/mol. The number of para-hydroxylation sites is 2. The highest BCUT2D eigenvalue weighted by molar-refractivity contribution is 5.75. The van der Waals surface area contributed by atoms with Gasteiger partial charge in [-0.15, -0.1) is 0 Å². The van der Waals surface area contributed by atoms with Crippen LogP contribution in [0, 0.1) is 0 Å². The molecule has 1 heterocycles. The van der Waals surface area contributed by atoms with Crippen molar-refractivity contribution in [2.24, 2.45) is 7.05 Å². The summed E-state index contributed by atoms with van der Waals surface area (Å²) < 4.78 is 2.05. The van der Waals surface area contributed by atoms with E-state index in [0.717, 1.165) is 16.9 Å². The number of fused-ring (bicyclic) bond motifs is 1. The van der Waals surface area contributed by atoms with Crippen LogP contribution in [0.1, 0.15) is 5.82 Å². The molecule has 1 N–H and O–H groups in total. The molecule has 0 aliphatic heterocycles. The highest BCUT2D eigenvalue weighted by atomic mass is 16.3. The molecular weight excluding hydrogens is 214 g/mol. The van der Waals surface area contributed by atoms with E-state index in [1.54, 1.807) is 0 Å². The second-order valence-corrected chi connectivity index (χ2v) is 4.70.